The standard InChI is InChI=1S/C15H30N4O2/c1-21-15(20)9-4-2-3-6-12(10-11-14(18)19)7-5-8-13(16)17/h12H,2-11H2,1H3,(H3,16,17)(H3,18,19). The van der Waals surface area contributed by atoms with Crippen molar-refractivity contribution in [1.82, 2.24) is 0 Å². The van der Waals surface area contributed by atoms with Crippen LogP contribution in [0, 0.1) is 16.7 Å². The van der Waals surface area contributed by atoms with Gasteiger partial charge in [0.15, 0.2) is 0 Å². The molecule has 1 unspecified atom stereocenters. The molecule has 0 aliphatic heterocycles. The van der Waals surface area contributed by atoms with E-state index >= 15 is 0 Å². The molecule has 6 N–H and O–H groups in total. The van der Waals surface area contributed by atoms with Crippen LogP contribution in [0.15, 0.2) is 0 Å². The van der Waals surface area contributed by atoms with Gasteiger partial charge in [-0.2, -0.15) is 0 Å². The molecule has 0 bridgehead atoms. The topological polar surface area (TPSA) is 126 Å². The Morgan fingerprint density at radius 3 is 2.10 bits per heavy atom. The summed E-state index contributed by atoms with van der Waals surface area (Å²) in [5.74, 6) is 0.839. The molecule has 0 radical (unpaired) electrons. The summed E-state index contributed by atoms with van der Waals surface area (Å²) < 4.78 is 4.61. The number of hydrogen-bond acceptors (Lipinski definition) is 4. The molecule has 0 rings (SSSR count). The molecule has 0 aliphatic carbocycles. The van der Waals surface area contributed by atoms with Gasteiger partial charge in [0.05, 0.1) is 18.8 Å². The van der Waals surface area contributed by atoms with Gasteiger partial charge >= 0.3 is 5.97 Å². The number of ether oxygens (including phenoxy) is 1. The van der Waals surface area contributed by atoms with Crippen LogP contribution in [0.25, 0.3) is 0 Å². The zero-order valence-corrected chi connectivity index (χ0v) is 13.1. The first kappa shape index (κ1) is 19.4. The minimum Gasteiger partial charge on any atom is -0.469 e. The Bertz CT molecular complexity index is 332. The number of esters is 1. The quantitative estimate of drug-likeness (QED) is 0.180. The second-order valence-electron chi connectivity index (χ2n) is 5.52. The van der Waals surface area contributed by atoms with Gasteiger partial charge in [0.25, 0.3) is 0 Å². The molecule has 0 aromatic carbocycles. The van der Waals surface area contributed by atoms with Crippen molar-refractivity contribution in [3.8, 4) is 0 Å². The number of rotatable bonds is 13. The van der Waals surface area contributed by atoms with Gasteiger partial charge in [-0.05, 0) is 25.2 Å². The minimum atomic E-state index is -0.149. The lowest BCUT2D eigenvalue weighted by atomic mass is 9.90. The summed E-state index contributed by atoms with van der Waals surface area (Å²) in [7, 11) is 1.41. The van der Waals surface area contributed by atoms with Gasteiger partial charge in [-0.15, -0.1) is 0 Å². The van der Waals surface area contributed by atoms with Gasteiger partial charge in [0.1, 0.15) is 0 Å². The van der Waals surface area contributed by atoms with E-state index in [9.17, 15) is 4.79 Å². The summed E-state index contributed by atoms with van der Waals surface area (Å²) in [6.07, 6.45) is 8.63. The molecule has 122 valence electrons. The normalized spacial score (nSPS) is 11.9. The third-order valence-corrected chi connectivity index (χ3v) is 3.60. The highest BCUT2D eigenvalue weighted by atomic mass is 16.5. The van der Waals surface area contributed by atoms with Crippen LogP contribution in [0.4, 0.5) is 0 Å². The van der Waals surface area contributed by atoms with Crippen LogP contribution in [0.1, 0.15) is 64.2 Å². The molecule has 0 aromatic rings. The first-order valence-corrected chi connectivity index (χ1v) is 7.68. The SMILES string of the molecule is COC(=O)CCCCCC(CCCC(=N)N)CCC(=N)N. The van der Waals surface area contributed by atoms with Gasteiger partial charge in [-0.25, -0.2) is 0 Å². The molecule has 0 saturated carbocycles. The fourth-order valence-corrected chi connectivity index (χ4v) is 2.36. The van der Waals surface area contributed by atoms with Gasteiger partial charge in [0.2, 0.25) is 0 Å². The van der Waals surface area contributed by atoms with Crippen molar-refractivity contribution in [3.05, 3.63) is 0 Å². The minimum absolute atomic E-state index is 0.149. The van der Waals surface area contributed by atoms with Gasteiger partial charge in [-0.1, -0.05) is 25.7 Å². The summed E-state index contributed by atoms with van der Waals surface area (Å²) >= 11 is 0. The zero-order chi connectivity index (χ0) is 16.1. The van der Waals surface area contributed by atoms with Crippen LogP contribution >= 0.6 is 0 Å². The van der Waals surface area contributed by atoms with E-state index in [-0.39, 0.29) is 17.6 Å². The molecule has 0 saturated heterocycles. The van der Waals surface area contributed by atoms with E-state index in [4.69, 9.17) is 22.3 Å². The predicted octanol–water partition coefficient (Wildman–Crippen LogP) is 2.55. The Kier molecular flexibility index (Phi) is 11.3. The molecule has 1 atom stereocenters. The maximum absolute atomic E-state index is 11.0. The summed E-state index contributed by atoms with van der Waals surface area (Å²) in [4.78, 5) is 11.0. The Labute approximate surface area is 127 Å². The van der Waals surface area contributed by atoms with Crippen molar-refractivity contribution in [2.45, 2.75) is 64.2 Å². The van der Waals surface area contributed by atoms with E-state index in [0.717, 1.165) is 44.9 Å². The molecule has 0 spiro atoms. The maximum atomic E-state index is 11.0. The largest absolute Gasteiger partial charge is 0.469 e. The Balaban J connectivity index is 3.88. The molecule has 0 aliphatic rings. The van der Waals surface area contributed by atoms with E-state index in [1.54, 1.807) is 0 Å². The van der Waals surface area contributed by atoms with E-state index in [2.05, 4.69) is 4.74 Å². The van der Waals surface area contributed by atoms with Gasteiger partial charge < -0.3 is 16.2 Å². The number of nitrogens with one attached hydrogen (secondary N) is 2. The molecular weight excluding hydrogens is 268 g/mol. The lowest BCUT2D eigenvalue weighted by Crippen LogP contribution is -2.13. The van der Waals surface area contributed by atoms with E-state index in [0.29, 0.717) is 25.2 Å². The van der Waals surface area contributed by atoms with Crippen LogP contribution in [-0.2, 0) is 9.53 Å². The third-order valence-electron chi connectivity index (χ3n) is 3.60. The van der Waals surface area contributed by atoms with Crippen molar-refractivity contribution in [2.24, 2.45) is 17.4 Å². The first-order chi connectivity index (χ1) is 9.95. The molecular formula is C15H30N4O2. The second-order valence-corrected chi connectivity index (χ2v) is 5.52. The molecule has 0 aromatic heterocycles. The average Bonchev–Trinajstić information content (AvgIpc) is 2.42. The fourth-order valence-electron chi connectivity index (χ4n) is 2.36. The molecule has 0 fully saturated rings. The highest BCUT2D eigenvalue weighted by molar-refractivity contribution is 5.77. The van der Waals surface area contributed by atoms with Crippen LogP contribution in [-0.4, -0.2) is 24.8 Å². The highest BCUT2D eigenvalue weighted by Gasteiger charge is 2.10. The predicted molar refractivity (Wildman–Crippen MR) is 85.5 cm³/mol. The second kappa shape index (κ2) is 12.2. The number of carbonyl (C=O) groups is 1. The Morgan fingerprint density at radius 1 is 0.905 bits per heavy atom. The van der Waals surface area contributed by atoms with Crippen molar-refractivity contribution in [1.29, 1.82) is 10.8 Å². The number of carbonyl (C=O) groups excluding carboxylic acids is 1. The lowest BCUT2D eigenvalue weighted by molar-refractivity contribution is -0.140. The van der Waals surface area contributed by atoms with E-state index < -0.39 is 0 Å². The molecule has 0 heterocycles. The monoisotopic (exact) mass is 298 g/mol. The van der Waals surface area contributed by atoms with Gasteiger partial charge in [-0.3, -0.25) is 15.6 Å². The highest BCUT2D eigenvalue weighted by Crippen LogP contribution is 2.22. The number of amidine groups is 2. The number of unbranched alkanes of at least 4 members (excludes halogenated alkanes) is 2. The van der Waals surface area contributed by atoms with Crippen LogP contribution in [0.5, 0.6) is 0 Å². The molecule has 0 amide bonds. The van der Waals surface area contributed by atoms with Crippen LogP contribution in [0.2, 0.25) is 0 Å². The lowest BCUT2D eigenvalue weighted by Gasteiger charge is -2.16. The van der Waals surface area contributed by atoms with Crippen LogP contribution < -0.4 is 11.5 Å². The first-order valence-electron chi connectivity index (χ1n) is 7.68. The number of nitrogens with two attached hydrogens (primary N) is 2. The van der Waals surface area contributed by atoms with Crippen molar-refractivity contribution >= 4 is 17.6 Å². The van der Waals surface area contributed by atoms with Crippen molar-refractivity contribution < 1.29 is 9.53 Å². The summed E-state index contributed by atoms with van der Waals surface area (Å²) in [5.41, 5.74) is 10.8. The van der Waals surface area contributed by atoms with E-state index in [1.807, 2.05) is 0 Å². The Hall–Kier alpha value is -1.59. The van der Waals surface area contributed by atoms with Crippen LogP contribution in [0.3, 0.4) is 0 Å². The summed E-state index contributed by atoms with van der Waals surface area (Å²) in [6, 6.07) is 0. The summed E-state index contributed by atoms with van der Waals surface area (Å²) in [6.45, 7) is 0. The molecule has 21 heavy (non-hydrogen) atoms. The smallest absolute Gasteiger partial charge is 0.305 e. The third kappa shape index (κ3) is 13.2. The van der Waals surface area contributed by atoms with Gasteiger partial charge in [0, 0.05) is 19.3 Å². The number of hydrogen-bond donors (Lipinski definition) is 4. The van der Waals surface area contributed by atoms with E-state index in [1.165, 1.54) is 7.11 Å². The molecule has 6 heteroatoms. The zero-order valence-electron chi connectivity index (χ0n) is 13.1. The fraction of sp³-hybridized carbons (Fsp3) is 0.800. The van der Waals surface area contributed by atoms with Crippen molar-refractivity contribution in [2.75, 3.05) is 7.11 Å². The van der Waals surface area contributed by atoms with Crippen molar-refractivity contribution in [3.63, 3.8) is 0 Å². The molecule has 6 nitrogen and oxygen atoms in total. The summed E-state index contributed by atoms with van der Waals surface area (Å²) in [5, 5.41) is 14.6. The Morgan fingerprint density at radius 2 is 1.52 bits per heavy atom. The maximum Gasteiger partial charge on any atom is 0.305 e. The number of methoxy groups -OCH3 is 1. The average molecular weight is 298 g/mol.